The van der Waals surface area contributed by atoms with Crippen molar-refractivity contribution in [3.63, 3.8) is 0 Å². The van der Waals surface area contributed by atoms with Crippen LogP contribution in [-0.2, 0) is 10.0 Å². The molecule has 6 atom stereocenters. The number of benzene rings is 2. The molecule has 0 amide bonds. The van der Waals surface area contributed by atoms with Crippen molar-refractivity contribution in [2.45, 2.75) is 52.8 Å². The van der Waals surface area contributed by atoms with Crippen LogP contribution in [-0.4, -0.2) is 23.1 Å². The van der Waals surface area contributed by atoms with Crippen molar-refractivity contribution in [3.05, 3.63) is 70.3 Å². The van der Waals surface area contributed by atoms with Gasteiger partial charge in [-0.25, -0.2) is 13.1 Å². The summed E-state index contributed by atoms with van der Waals surface area (Å²) < 4.78 is 29.7. The minimum Gasteiger partial charge on any atom is -0.258 e. The molecule has 4 aliphatic rings. The van der Waals surface area contributed by atoms with Gasteiger partial charge < -0.3 is 0 Å². The standard InChI is InChI=1S/C23H24Cl2N2O4S/c24-22-11-15-10-17(13-22)20(23(25,12-15)14-22)21(16-6-2-1-3-7-16)26-32(30,31)19-9-5-4-8-18(19)27(28)29/h1-9,15,17,20-21,26H,10-14H2/t15-,17+,20-,21?,22+,23+/m1/s1. The summed E-state index contributed by atoms with van der Waals surface area (Å²) in [4.78, 5) is 9.55. The molecule has 1 N–H and O–H groups in total. The Morgan fingerprint density at radius 2 is 1.72 bits per heavy atom. The van der Waals surface area contributed by atoms with E-state index in [2.05, 4.69) is 4.72 Å². The van der Waals surface area contributed by atoms with E-state index in [1.165, 1.54) is 24.3 Å². The lowest BCUT2D eigenvalue weighted by Crippen LogP contribution is -2.62. The van der Waals surface area contributed by atoms with Crippen LogP contribution in [0.3, 0.4) is 0 Å². The first-order chi connectivity index (χ1) is 15.1. The fourth-order valence-electron chi connectivity index (χ4n) is 6.64. The summed E-state index contributed by atoms with van der Waals surface area (Å²) in [6, 6.07) is 14.2. The van der Waals surface area contributed by atoms with Crippen LogP contribution < -0.4 is 4.72 Å². The topological polar surface area (TPSA) is 89.3 Å². The molecule has 4 bridgehead atoms. The van der Waals surface area contributed by atoms with Crippen molar-refractivity contribution in [2.75, 3.05) is 0 Å². The zero-order valence-electron chi connectivity index (χ0n) is 17.3. The summed E-state index contributed by atoms with van der Waals surface area (Å²) in [5.74, 6) is 0.481. The lowest BCUT2D eigenvalue weighted by atomic mass is 9.49. The Hall–Kier alpha value is -1.67. The summed E-state index contributed by atoms with van der Waals surface area (Å²) in [7, 11) is -4.19. The first-order valence-corrected chi connectivity index (χ1v) is 13.0. The van der Waals surface area contributed by atoms with E-state index in [4.69, 9.17) is 23.2 Å². The number of hydrogen-bond acceptors (Lipinski definition) is 4. The monoisotopic (exact) mass is 494 g/mol. The van der Waals surface area contributed by atoms with Crippen LogP contribution in [0.15, 0.2) is 59.5 Å². The highest BCUT2D eigenvalue weighted by molar-refractivity contribution is 7.89. The van der Waals surface area contributed by atoms with Crippen LogP contribution in [0.4, 0.5) is 5.69 Å². The molecular weight excluding hydrogens is 471 g/mol. The van der Waals surface area contributed by atoms with Crippen molar-refractivity contribution < 1.29 is 13.3 Å². The van der Waals surface area contributed by atoms with Crippen LogP contribution >= 0.6 is 23.2 Å². The third-order valence-electron chi connectivity index (χ3n) is 7.41. The molecule has 6 nitrogen and oxygen atoms in total. The van der Waals surface area contributed by atoms with Crippen LogP contribution in [0, 0.1) is 27.9 Å². The number of nitro benzene ring substituents is 1. The van der Waals surface area contributed by atoms with Gasteiger partial charge in [-0.05, 0) is 55.6 Å². The number of sulfonamides is 1. The van der Waals surface area contributed by atoms with Crippen molar-refractivity contribution in [2.24, 2.45) is 17.8 Å². The van der Waals surface area contributed by atoms with Crippen molar-refractivity contribution in [1.29, 1.82) is 0 Å². The predicted octanol–water partition coefficient (Wildman–Crippen LogP) is 5.41. The first-order valence-electron chi connectivity index (χ1n) is 10.8. The largest absolute Gasteiger partial charge is 0.289 e. The van der Waals surface area contributed by atoms with Gasteiger partial charge in [0.05, 0.1) is 15.8 Å². The molecule has 2 aromatic rings. The predicted molar refractivity (Wildman–Crippen MR) is 123 cm³/mol. The van der Waals surface area contributed by atoms with E-state index in [9.17, 15) is 18.5 Å². The highest BCUT2D eigenvalue weighted by atomic mass is 35.5. The van der Waals surface area contributed by atoms with E-state index in [-0.39, 0.29) is 21.6 Å². The summed E-state index contributed by atoms with van der Waals surface area (Å²) in [5.41, 5.74) is 0.355. The van der Waals surface area contributed by atoms with Crippen LogP contribution in [0.25, 0.3) is 0 Å². The molecule has 4 aliphatic carbocycles. The van der Waals surface area contributed by atoms with Crippen LogP contribution in [0.5, 0.6) is 0 Å². The Balaban J connectivity index is 1.58. The average Bonchev–Trinajstić information content (AvgIpc) is 2.71. The highest BCUT2D eigenvalue weighted by Gasteiger charge is 2.63. The number of halogens is 2. The molecule has 6 rings (SSSR count). The summed E-state index contributed by atoms with van der Waals surface area (Å²) in [6.07, 6.45) is 4.19. The zero-order chi connectivity index (χ0) is 22.7. The number of nitrogens with zero attached hydrogens (tertiary/aromatic N) is 1. The average molecular weight is 495 g/mol. The van der Waals surface area contributed by atoms with Gasteiger partial charge in [0, 0.05) is 16.9 Å². The Morgan fingerprint density at radius 1 is 1.03 bits per heavy atom. The second-order valence-electron chi connectivity index (χ2n) is 9.60. The fraction of sp³-hybridized carbons (Fsp3) is 0.478. The molecular formula is C23H24Cl2N2O4S. The smallest absolute Gasteiger partial charge is 0.258 e. The van der Waals surface area contributed by atoms with Crippen molar-refractivity contribution >= 4 is 38.9 Å². The maximum absolute atomic E-state index is 13.5. The molecule has 0 heterocycles. The Bertz CT molecular complexity index is 1160. The van der Waals surface area contributed by atoms with Gasteiger partial charge in [-0.3, -0.25) is 10.1 Å². The Kier molecular flexibility index (Phi) is 5.32. The lowest BCUT2D eigenvalue weighted by molar-refractivity contribution is -0.387. The number of rotatable bonds is 6. The van der Waals surface area contributed by atoms with E-state index in [1.54, 1.807) is 0 Å². The van der Waals surface area contributed by atoms with Gasteiger partial charge in [-0.1, -0.05) is 42.5 Å². The van der Waals surface area contributed by atoms with Gasteiger partial charge in [-0.2, -0.15) is 0 Å². The number of para-hydroxylation sites is 1. The van der Waals surface area contributed by atoms with E-state index in [1.807, 2.05) is 30.3 Å². The molecule has 0 aromatic heterocycles. The normalized spacial score (nSPS) is 34.4. The number of hydrogen-bond donors (Lipinski definition) is 1. The van der Waals surface area contributed by atoms with Crippen LogP contribution in [0.2, 0.25) is 0 Å². The quantitative estimate of drug-likeness (QED) is 0.330. The van der Waals surface area contributed by atoms with E-state index in [0.717, 1.165) is 31.2 Å². The number of alkyl halides is 2. The third kappa shape index (κ3) is 3.73. The van der Waals surface area contributed by atoms with Crippen molar-refractivity contribution in [3.8, 4) is 0 Å². The molecule has 170 valence electrons. The lowest BCUT2D eigenvalue weighted by Gasteiger charge is -2.63. The maximum Gasteiger partial charge on any atom is 0.289 e. The third-order valence-corrected chi connectivity index (χ3v) is 9.88. The van der Waals surface area contributed by atoms with E-state index in [0.29, 0.717) is 12.3 Å². The van der Waals surface area contributed by atoms with Crippen LogP contribution in [0.1, 0.15) is 43.7 Å². The molecule has 32 heavy (non-hydrogen) atoms. The Morgan fingerprint density at radius 3 is 2.38 bits per heavy atom. The first kappa shape index (κ1) is 22.1. The molecule has 4 saturated carbocycles. The zero-order valence-corrected chi connectivity index (χ0v) is 19.6. The van der Waals surface area contributed by atoms with E-state index < -0.39 is 31.6 Å². The minimum atomic E-state index is -4.19. The van der Waals surface area contributed by atoms with E-state index >= 15 is 0 Å². The SMILES string of the molecule is O=[N+]([O-])c1ccccc1S(=O)(=O)NC(c1ccccc1)[C@H]1[C@H]2C[C@@H]3C[C@](Cl)(C2)C[C@@]1(Cl)C3. The second-order valence-corrected chi connectivity index (χ2v) is 12.8. The van der Waals surface area contributed by atoms with Gasteiger partial charge in [0.15, 0.2) is 4.90 Å². The van der Waals surface area contributed by atoms with Gasteiger partial charge in [0.1, 0.15) is 0 Å². The van der Waals surface area contributed by atoms with Gasteiger partial charge in [0.2, 0.25) is 10.0 Å². The highest BCUT2D eigenvalue weighted by Crippen LogP contribution is 2.66. The molecule has 0 aliphatic heterocycles. The summed E-state index contributed by atoms with van der Waals surface area (Å²) in [5, 5.41) is 11.5. The van der Waals surface area contributed by atoms with Gasteiger partial charge in [0.25, 0.3) is 5.69 Å². The molecule has 1 unspecified atom stereocenters. The minimum absolute atomic E-state index is 0.160. The second kappa shape index (κ2) is 7.69. The molecule has 0 radical (unpaired) electrons. The molecule has 9 heteroatoms. The molecule has 0 spiro atoms. The van der Waals surface area contributed by atoms with Crippen molar-refractivity contribution in [1.82, 2.24) is 4.72 Å². The molecule has 2 aromatic carbocycles. The maximum atomic E-state index is 13.5. The fourth-order valence-corrected chi connectivity index (χ4v) is 9.56. The summed E-state index contributed by atoms with van der Waals surface area (Å²) >= 11 is 14.2. The number of nitro groups is 1. The molecule has 4 fully saturated rings. The van der Waals surface area contributed by atoms with Gasteiger partial charge in [-0.15, -0.1) is 23.2 Å². The Labute approximate surface area is 197 Å². The summed E-state index contributed by atoms with van der Waals surface area (Å²) in [6.45, 7) is 0. The molecule has 0 saturated heterocycles. The number of nitrogens with one attached hydrogen (secondary N) is 1. The van der Waals surface area contributed by atoms with Gasteiger partial charge >= 0.3 is 0 Å².